The summed E-state index contributed by atoms with van der Waals surface area (Å²) in [4.78, 5) is 11.7. The number of hydrogen-bond donors (Lipinski definition) is 2. The van der Waals surface area contributed by atoms with Gasteiger partial charge in [0.15, 0.2) is 0 Å². The molecule has 1 atom stereocenters. The van der Waals surface area contributed by atoms with Gasteiger partial charge in [-0.25, -0.2) is 12.7 Å². The number of nitrogens with one attached hydrogen (secondary N) is 2. The fourth-order valence-electron chi connectivity index (χ4n) is 2.09. The van der Waals surface area contributed by atoms with Crippen molar-refractivity contribution in [1.29, 1.82) is 0 Å². The van der Waals surface area contributed by atoms with Gasteiger partial charge in [-0.15, -0.1) is 0 Å². The third kappa shape index (κ3) is 6.65. The molecule has 1 aliphatic rings. The Morgan fingerprint density at radius 3 is 2.80 bits per heavy atom. The van der Waals surface area contributed by atoms with Crippen molar-refractivity contribution in [2.75, 3.05) is 45.6 Å². The zero-order chi connectivity index (χ0) is 15.0. The molecule has 2 N–H and O–H groups in total. The van der Waals surface area contributed by atoms with Crippen molar-refractivity contribution in [1.82, 2.24) is 14.9 Å². The van der Waals surface area contributed by atoms with E-state index in [1.807, 2.05) is 0 Å². The van der Waals surface area contributed by atoms with Gasteiger partial charge in [0.25, 0.3) is 0 Å². The molecule has 0 aromatic rings. The second-order valence-corrected chi connectivity index (χ2v) is 6.87. The van der Waals surface area contributed by atoms with Crippen LogP contribution < -0.4 is 10.6 Å². The van der Waals surface area contributed by atoms with Crippen LogP contribution in [-0.2, 0) is 19.6 Å². The van der Waals surface area contributed by atoms with Gasteiger partial charge in [0.2, 0.25) is 15.9 Å². The average Bonchev–Trinajstić information content (AvgIpc) is 2.38. The van der Waals surface area contributed by atoms with Gasteiger partial charge < -0.3 is 15.4 Å². The summed E-state index contributed by atoms with van der Waals surface area (Å²) in [6.07, 6.45) is 2.20. The number of ether oxygens (including phenoxy) is 1. The van der Waals surface area contributed by atoms with E-state index in [-0.39, 0.29) is 11.9 Å². The van der Waals surface area contributed by atoms with Crippen molar-refractivity contribution >= 4 is 15.9 Å². The summed E-state index contributed by atoms with van der Waals surface area (Å²) in [7, 11) is -3.14. The quantitative estimate of drug-likeness (QED) is 0.571. The van der Waals surface area contributed by atoms with E-state index in [1.165, 1.54) is 10.6 Å². The van der Waals surface area contributed by atoms with E-state index in [9.17, 15) is 13.2 Å². The number of carbonyl (C=O) groups excluding carboxylic acids is 1. The average molecular weight is 307 g/mol. The Hall–Kier alpha value is -0.700. The maximum Gasteiger partial charge on any atom is 0.221 e. The minimum Gasteiger partial charge on any atom is -0.378 e. The van der Waals surface area contributed by atoms with E-state index < -0.39 is 10.0 Å². The predicted molar refractivity (Wildman–Crippen MR) is 76.9 cm³/mol. The molecule has 0 aliphatic carbocycles. The van der Waals surface area contributed by atoms with Crippen molar-refractivity contribution in [3.63, 3.8) is 0 Å². The van der Waals surface area contributed by atoms with Gasteiger partial charge in [0.05, 0.1) is 19.5 Å². The summed E-state index contributed by atoms with van der Waals surface area (Å²) < 4.78 is 29.4. The van der Waals surface area contributed by atoms with Gasteiger partial charge in [-0.05, 0) is 6.42 Å². The second-order valence-electron chi connectivity index (χ2n) is 4.89. The summed E-state index contributed by atoms with van der Waals surface area (Å²) in [5, 5.41) is 6.02. The number of morpholine rings is 1. The molecule has 7 nitrogen and oxygen atoms in total. The van der Waals surface area contributed by atoms with Crippen LogP contribution in [0.1, 0.15) is 19.8 Å². The third-order valence-corrected chi connectivity index (χ3v) is 4.54. The first-order valence-corrected chi connectivity index (χ1v) is 8.81. The number of sulfonamides is 1. The molecule has 8 heteroatoms. The maximum absolute atomic E-state index is 11.7. The van der Waals surface area contributed by atoms with Crippen molar-refractivity contribution in [3.05, 3.63) is 0 Å². The molecule has 1 amide bonds. The van der Waals surface area contributed by atoms with E-state index in [0.29, 0.717) is 45.7 Å². The van der Waals surface area contributed by atoms with E-state index in [2.05, 4.69) is 10.6 Å². The highest BCUT2D eigenvalue weighted by molar-refractivity contribution is 7.88. The SMILES string of the molecule is CCN(CCCNC(=O)CC1COCCN1)S(C)(=O)=O. The van der Waals surface area contributed by atoms with Crippen molar-refractivity contribution in [2.24, 2.45) is 0 Å². The molecule has 1 rings (SSSR count). The summed E-state index contributed by atoms with van der Waals surface area (Å²) >= 11 is 0. The molecule has 1 heterocycles. The van der Waals surface area contributed by atoms with Gasteiger partial charge in [-0.2, -0.15) is 0 Å². The molecule has 0 radical (unpaired) electrons. The largest absolute Gasteiger partial charge is 0.378 e. The summed E-state index contributed by atoms with van der Waals surface area (Å²) in [6.45, 7) is 5.20. The van der Waals surface area contributed by atoms with Crippen LogP contribution in [-0.4, -0.2) is 70.3 Å². The van der Waals surface area contributed by atoms with Crippen LogP contribution in [0.5, 0.6) is 0 Å². The molecule has 1 saturated heterocycles. The Balaban J connectivity index is 2.15. The minimum absolute atomic E-state index is 0.0320. The highest BCUT2D eigenvalue weighted by atomic mass is 32.2. The molecular formula is C12H25N3O4S. The normalized spacial score (nSPS) is 20.1. The van der Waals surface area contributed by atoms with Crippen LogP contribution in [0, 0.1) is 0 Å². The lowest BCUT2D eigenvalue weighted by molar-refractivity contribution is -0.122. The first kappa shape index (κ1) is 17.4. The standard InChI is InChI=1S/C12H25N3O4S/c1-3-15(20(2,17)18)7-4-5-14-12(16)9-11-10-19-8-6-13-11/h11,13H,3-10H2,1-2H3,(H,14,16). The van der Waals surface area contributed by atoms with Crippen LogP contribution in [0.3, 0.4) is 0 Å². The summed E-state index contributed by atoms with van der Waals surface area (Å²) in [5.41, 5.74) is 0. The lowest BCUT2D eigenvalue weighted by Crippen LogP contribution is -2.44. The zero-order valence-electron chi connectivity index (χ0n) is 12.2. The van der Waals surface area contributed by atoms with Gasteiger partial charge in [0.1, 0.15) is 0 Å². The van der Waals surface area contributed by atoms with Crippen LogP contribution in [0.4, 0.5) is 0 Å². The Kier molecular flexibility index (Phi) is 7.42. The monoisotopic (exact) mass is 307 g/mol. The molecule has 0 spiro atoms. The van der Waals surface area contributed by atoms with E-state index in [4.69, 9.17) is 4.74 Å². The molecular weight excluding hydrogens is 282 g/mol. The lowest BCUT2D eigenvalue weighted by Gasteiger charge is -2.23. The van der Waals surface area contributed by atoms with Crippen LogP contribution in [0.2, 0.25) is 0 Å². The Bertz CT molecular complexity index is 394. The van der Waals surface area contributed by atoms with Crippen LogP contribution >= 0.6 is 0 Å². The van der Waals surface area contributed by atoms with Crippen molar-refractivity contribution in [2.45, 2.75) is 25.8 Å². The minimum atomic E-state index is -3.14. The maximum atomic E-state index is 11.7. The fraction of sp³-hybridized carbons (Fsp3) is 0.917. The molecule has 0 aromatic carbocycles. The molecule has 1 unspecified atom stereocenters. The number of hydrogen-bond acceptors (Lipinski definition) is 5. The molecule has 0 aromatic heterocycles. The van der Waals surface area contributed by atoms with Crippen molar-refractivity contribution < 1.29 is 17.9 Å². The van der Waals surface area contributed by atoms with Gasteiger partial charge in [-0.3, -0.25) is 4.79 Å². The van der Waals surface area contributed by atoms with Crippen LogP contribution in [0.15, 0.2) is 0 Å². The first-order chi connectivity index (χ1) is 9.43. The molecule has 0 bridgehead atoms. The first-order valence-electron chi connectivity index (χ1n) is 6.96. The molecule has 1 aliphatic heterocycles. The van der Waals surface area contributed by atoms with Gasteiger partial charge in [0, 0.05) is 38.6 Å². The topological polar surface area (TPSA) is 87.7 Å². The number of rotatable bonds is 8. The van der Waals surface area contributed by atoms with E-state index in [0.717, 1.165) is 6.54 Å². The number of nitrogens with zero attached hydrogens (tertiary/aromatic N) is 1. The Labute approximate surface area is 121 Å². The Morgan fingerprint density at radius 2 is 2.25 bits per heavy atom. The van der Waals surface area contributed by atoms with Crippen molar-refractivity contribution in [3.8, 4) is 0 Å². The van der Waals surface area contributed by atoms with Crippen LogP contribution in [0.25, 0.3) is 0 Å². The summed E-state index contributed by atoms with van der Waals surface area (Å²) in [6, 6.07) is 0.0758. The Morgan fingerprint density at radius 1 is 1.50 bits per heavy atom. The number of amides is 1. The molecule has 118 valence electrons. The van der Waals surface area contributed by atoms with Gasteiger partial charge >= 0.3 is 0 Å². The fourth-order valence-corrected chi connectivity index (χ4v) is 3.02. The predicted octanol–water partition coefficient (Wildman–Crippen LogP) is -0.847. The number of carbonyl (C=O) groups is 1. The highest BCUT2D eigenvalue weighted by Gasteiger charge is 2.17. The zero-order valence-corrected chi connectivity index (χ0v) is 13.0. The lowest BCUT2D eigenvalue weighted by atomic mass is 10.2. The summed E-state index contributed by atoms with van der Waals surface area (Å²) in [5.74, 6) is -0.0320. The van der Waals surface area contributed by atoms with E-state index >= 15 is 0 Å². The molecule has 0 saturated carbocycles. The third-order valence-electron chi connectivity index (χ3n) is 3.16. The van der Waals surface area contributed by atoms with E-state index in [1.54, 1.807) is 6.92 Å². The smallest absolute Gasteiger partial charge is 0.221 e. The molecule has 20 heavy (non-hydrogen) atoms. The van der Waals surface area contributed by atoms with Gasteiger partial charge in [-0.1, -0.05) is 6.92 Å². The second kappa shape index (κ2) is 8.56. The highest BCUT2D eigenvalue weighted by Crippen LogP contribution is 2.00. The molecule has 1 fully saturated rings.